The lowest BCUT2D eigenvalue weighted by Gasteiger charge is -2.17. The fraction of sp³-hybridized carbons (Fsp3) is 0.172. The normalized spacial score (nSPS) is 16.5. The number of hydrogen-bond donors (Lipinski definition) is 1. The van der Waals surface area contributed by atoms with E-state index >= 15 is 0 Å². The first-order valence-corrected chi connectivity index (χ1v) is 13.4. The van der Waals surface area contributed by atoms with E-state index < -0.39 is 5.91 Å². The summed E-state index contributed by atoms with van der Waals surface area (Å²) in [7, 11) is 3.14. The van der Waals surface area contributed by atoms with Gasteiger partial charge in [-0.1, -0.05) is 66.4 Å². The number of nitrogens with one attached hydrogen (secondary N) is 1. The summed E-state index contributed by atoms with van der Waals surface area (Å²) in [5, 5.41) is 2.81. The van der Waals surface area contributed by atoms with Crippen LogP contribution in [0.2, 0.25) is 0 Å². The molecular formula is C29H25N3O5S2. The molecule has 3 aromatic rings. The molecule has 3 amide bonds. The Bertz CT molecular complexity index is 1510. The van der Waals surface area contributed by atoms with Gasteiger partial charge >= 0.3 is 0 Å². The zero-order valence-corrected chi connectivity index (χ0v) is 22.9. The molecule has 3 aromatic carbocycles. The molecular weight excluding hydrogens is 534 g/mol. The topological polar surface area (TPSA) is 88.2 Å². The Kier molecular flexibility index (Phi) is 7.67. The van der Waals surface area contributed by atoms with Gasteiger partial charge < -0.3 is 14.8 Å². The van der Waals surface area contributed by atoms with E-state index in [1.165, 1.54) is 9.80 Å². The van der Waals surface area contributed by atoms with Gasteiger partial charge in [0.05, 0.1) is 30.4 Å². The molecule has 1 saturated heterocycles. The van der Waals surface area contributed by atoms with Crippen molar-refractivity contribution in [3.05, 3.63) is 88.8 Å². The summed E-state index contributed by atoms with van der Waals surface area (Å²) in [6.07, 6.45) is 0.533. The Morgan fingerprint density at radius 2 is 1.62 bits per heavy atom. The Hall–Kier alpha value is -4.15. The quantitative estimate of drug-likeness (QED) is 0.321. The smallest absolute Gasteiger partial charge is 0.267 e. The van der Waals surface area contributed by atoms with Crippen LogP contribution in [-0.4, -0.2) is 54.3 Å². The standard InChI is InChI=1S/C29H25N3O5S2/c1-36-22-13-12-18(16-23(22)37-2)14-15-31-28(35)26(39-29(31)38)25-20-10-6-7-11-21(20)32(27(25)34)17-24(33)30-19-8-4-3-5-9-19/h3-13,16H,14-15,17H2,1-2H3,(H,30,33)/b26-25-. The largest absolute Gasteiger partial charge is 0.493 e. The first-order chi connectivity index (χ1) is 18.9. The van der Waals surface area contributed by atoms with Crippen molar-refractivity contribution in [3.63, 3.8) is 0 Å². The highest BCUT2D eigenvalue weighted by atomic mass is 32.2. The van der Waals surface area contributed by atoms with Crippen molar-refractivity contribution in [2.75, 3.05) is 37.5 Å². The molecule has 2 heterocycles. The molecule has 0 atom stereocenters. The van der Waals surface area contributed by atoms with Crippen molar-refractivity contribution < 1.29 is 23.9 Å². The summed E-state index contributed by atoms with van der Waals surface area (Å²) in [5.41, 5.74) is 3.04. The molecule has 1 fully saturated rings. The number of carbonyl (C=O) groups excluding carboxylic acids is 3. The summed E-state index contributed by atoms with van der Waals surface area (Å²) >= 11 is 6.66. The highest BCUT2D eigenvalue weighted by molar-refractivity contribution is 8.26. The van der Waals surface area contributed by atoms with Gasteiger partial charge in [-0.25, -0.2) is 0 Å². The molecule has 0 bridgehead atoms. The van der Waals surface area contributed by atoms with Crippen LogP contribution >= 0.6 is 24.0 Å². The molecule has 2 aliphatic rings. The maximum atomic E-state index is 13.6. The van der Waals surface area contributed by atoms with Crippen LogP contribution in [0, 0.1) is 0 Å². The molecule has 0 spiro atoms. The van der Waals surface area contributed by atoms with E-state index in [0.717, 1.165) is 17.3 Å². The number of ether oxygens (including phenoxy) is 2. The zero-order chi connectivity index (χ0) is 27.5. The molecule has 2 aliphatic heterocycles. The van der Waals surface area contributed by atoms with E-state index in [1.54, 1.807) is 50.6 Å². The van der Waals surface area contributed by atoms with Crippen LogP contribution in [0.1, 0.15) is 11.1 Å². The van der Waals surface area contributed by atoms with Crippen LogP contribution in [-0.2, 0) is 20.8 Å². The minimum Gasteiger partial charge on any atom is -0.493 e. The lowest BCUT2D eigenvalue weighted by atomic mass is 10.1. The van der Waals surface area contributed by atoms with Gasteiger partial charge in [0, 0.05) is 17.8 Å². The number of amides is 3. The van der Waals surface area contributed by atoms with Gasteiger partial charge in [-0.3, -0.25) is 24.2 Å². The predicted molar refractivity (Wildman–Crippen MR) is 156 cm³/mol. The van der Waals surface area contributed by atoms with E-state index in [9.17, 15) is 14.4 Å². The minimum atomic E-state index is -0.403. The summed E-state index contributed by atoms with van der Waals surface area (Å²) in [6.45, 7) is 0.157. The molecule has 5 rings (SSSR count). The van der Waals surface area contributed by atoms with Crippen molar-refractivity contribution in [1.29, 1.82) is 0 Å². The van der Waals surface area contributed by atoms with Gasteiger partial charge in [-0.2, -0.15) is 0 Å². The number of fused-ring (bicyclic) bond motifs is 1. The number of thioether (sulfide) groups is 1. The maximum absolute atomic E-state index is 13.6. The summed E-state index contributed by atoms with van der Waals surface area (Å²) in [5.74, 6) is 0.163. The van der Waals surface area contributed by atoms with Crippen LogP contribution < -0.4 is 19.7 Å². The summed E-state index contributed by atoms with van der Waals surface area (Å²) < 4.78 is 11.1. The molecule has 0 radical (unpaired) electrons. The van der Waals surface area contributed by atoms with Crippen LogP contribution in [0.25, 0.3) is 5.57 Å². The second-order valence-corrected chi connectivity index (χ2v) is 10.4. The monoisotopic (exact) mass is 559 g/mol. The summed E-state index contributed by atoms with van der Waals surface area (Å²) in [6, 6.07) is 21.8. The number of anilines is 2. The summed E-state index contributed by atoms with van der Waals surface area (Å²) in [4.78, 5) is 43.2. The average molecular weight is 560 g/mol. The number of methoxy groups -OCH3 is 2. The van der Waals surface area contributed by atoms with Gasteiger partial charge in [0.25, 0.3) is 11.8 Å². The molecule has 0 unspecified atom stereocenters. The molecule has 0 saturated carbocycles. The highest BCUT2D eigenvalue weighted by Gasteiger charge is 2.42. The fourth-order valence-corrected chi connectivity index (χ4v) is 5.92. The van der Waals surface area contributed by atoms with Crippen molar-refractivity contribution in [1.82, 2.24) is 4.90 Å². The van der Waals surface area contributed by atoms with Crippen molar-refractivity contribution in [2.24, 2.45) is 0 Å². The minimum absolute atomic E-state index is 0.187. The number of nitrogens with zero attached hydrogens (tertiary/aromatic N) is 2. The lowest BCUT2D eigenvalue weighted by molar-refractivity contribution is -0.122. The molecule has 39 heavy (non-hydrogen) atoms. The van der Waals surface area contributed by atoms with Crippen LogP contribution in [0.15, 0.2) is 77.7 Å². The van der Waals surface area contributed by atoms with Crippen LogP contribution in [0.5, 0.6) is 11.5 Å². The van der Waals surface area contributed by atoms with Gasteiger partial charge in [-0.05, 0) is 42.3 Å². The zero-order valence-electron chi connectivity index (χ0n) is 21.3. The van der Waals surface area contributed by atoms with E-state index in [4.69, 9.17) is 21.7 Å². The number of para-hydroxylation sites is 2. The Morgan fingerprint density at radius 1 is 0.897 bits per heavy atom. The third-order valence-corrected chi connectivity index (χ3v) is 7.88. The highest BCUT2D eigenvalue weighted by Crippen LogP contribution is 2.44. The van der Waals surface area contributed by atoms with E-state index in [0.29, 0.717) is 45.7 Å². The number of thiocarbonyl (C=S) groups is 1. The molecule has 198 valence electrons. The van der Waals surface area contributed by atoms with Crippen molar-refractivity contribution in [3.8, 4) is 11.5 Å². The van der Waals surface area contributed by atoms with Crippen LogP contribution in [0.3, 0.4) is 0 Å². The number of rotatable bonds is 8. The lowest BCUT2D eigenvalue weighted by Crippen LogP contribution is -2.35. The van der Waals surface area contributed by atoms with Crippen molar-refractivity contribution >= 4 is 63.0 Å². The van der Waals surface area contributed by atoms with E-state index in [-0.39, 0.29) is 28.8 Å². The van der Waals surface area contributed by atoms with Gasteiger partial charge in [0.1, 0.15) is 10.9 Å². The van der Waals surface area contributed by atoms with Gasteiger partial charge in [-0.15, -0.1) is 0 Å². The van der Waals surface area contributed by atoms with Gasteiger partial charge in [0.15, 0.2) is 11.5 Å². The van der Waals surface area contributed by atoms with Crippen LogP contribution in [0.4, 0.5) is 11.4 Å². The first-order valence-electron chi connectivity index (χ1n) is 12.2. The third kappa shape index (κ3) is 5.25. The van der Waals surface area contributed by atoms with Crippen molar-refractivity contribution in [2.45, 2.75) is 6.42 Å². The Balaban J connectivity index is 1.37. The predicted octanol–water partition coefficient (Wildman–Crippen LogP) is 4.50. The first kappa shape index (κ1) is 26.5. The molecule has 8 nitrogen and oxygen atoms in total. The number of carbonyl (C=O) groups is 3. The van der Waals surface area contributed by atoms with E-state index in [2.05, 4.69) is 5.32 Å². The van der Waals surface area contributed by atoms with E-state index in [1.807, 2.05) is 36.4 Å². The fourth-order valence-electron chi connectivity index (χ4n) is 4.54. The molecule has 0 aromatic heterocycles. The number of hydrogen-bond acceptors (Lipinski definition) is 7. The maximum Gasteiger partial charge on any atom is 0.267 e. The molecule has 0 aliphatic carbocycles. The molecule has 1 N–H and O–H groups in total. The average Bonchev–Trinajstić information content (AvgIpc) is 3.38. The van der Waals surface area contributed by atoms with Gasteiger partial charge in [0.2, 0.25) is 5.91 Å². The Morgan fingerprint density at radius 3 is 2.36 bits per heavy atom. The molecule has 10 heteroatoms. The second kappa shape index (κ2) is 11.3. The second-order valence-electron chi connectivity index (χ2n) is 8.79. The third-order valence-electron chi connectivity index (χ3n) is 6.43. The number of benzene rings is 3. The SMILES string of the molecule is COc1ccc(CCN2C(=O)/C(=C3/C(=O)N(CC(=O)Nc4ccccc4)c4ccccc43)SC2=S)cc1OC. The Labute approximate surface area is 235 Å².